The Morgan fingerprint density at radius 3 is 2.04 bits per heavy atom. The van der Waals surface area contributed by atoms with Crippen molar-refractivity contribution in [3.05, 3.63) is 47.8 Å². The van der Waals surface area contributed by atoms with Gasteiger partial charge >= 0.3 is 5.97 Å². The summed E-state index contributed by atoms with van der Waals surface area (Å²) >= 11 is 0. The summed E-state index contributed by atoms with van der Waals surface area (Å²) in [4.78, 5) is 52.9. The van der Waals surface area contributed by atoms with Crippen LogP contribution < -0.4 is 20.7 Å². The largest absolute Gasteiger partial charge is 0.490 e. The summed E-state index contributed by atoms with van der Waals surface area (Å²) in [5, 5.41) is 17.4. The van der Waals surface area contributed by atoms with Crippen molar-refractivity contribution >= 4 is 53.9 Å². The van der Waals surface area contributed by atoms with E-state index in [1.54, 1.807) is 6.92 Å². The fourth-order valence-corrected chi connectivity index (χ4v) is 6.92. The number of allylic oxidation sites excluding steroid dienone is 3. The Balaban J connectivity index is 0. The van der Waals surface area contributed by atoms with Gasteiger partial charge in [0.05, 0.1) is 29.3 Å². The molecule has 0 saturated heterocycles. The number of carboxylic acids is 1. The number of nitrogens with zero attached hydrogens (tertiary/aromatic N) is 1. The second kappa shape index (κ2) is 27.1. The molecule has 0 radical (unpaired) electrons. The molecule has 4 unspecified atom stereocenters. The number of fused-ring (bicyclic) bond motifs is 1. The van der Waals surface area contributed by atoms with Gasteiger partial charge < -0.3 is 20.5 Å². The van der Waals surface area contributed by atoms with Gasteiger partial charge in [-0.05, 0) is 75.7 Å². The number of amides is 2. The van der Waals surface area contributed by atoms with E-state index in [0.29, 0.717) is 26.4 Å². The smallest absolute Gasteiger partial charge is 0.307 e. The fraction of sp³-hybridized carbons (Fsp3) is 0.630. The van der Waals surface area contributed by atoms with Crippen molar-refractivity contribution in [2.24, 2.45) is 23.2 Å². The Kier molecular flexibility index (Phi) is 26.4. The Morgan fingerprint density at radius 2 is 1.66 bits per heavy atom. The normalized spacial score (nSPS) is 14.5. The van der Waals surface area contributed by atoms with Gasteiger partial charge in [-0.2, -0.15) is 0 Å². The Hall–Kier alpha value is -3.58. The van der Waals surface area contributed by atoms with Crippen LogP contribution in [0.15, 0.2) is 36.6 Å². The Labute approximate surface area is 342 Å². The van der Waals surface area contributed by atoms with Crippen LogP contribution in [0.4, 0.5) is 0 Å². The van der Waals surface area contributed by atoms with E-state index in [-0.39, 0.29) is 43.8 Å². The molecule has 2 aromatic rings. The molecule has 1 saturated carbocycles. The van der Waals surface area contributed by atoms with E-state index < -0.39 is 29.4 Å². The zero-order valence-electron chi connectivity index (χ0n) is 36.8. The first-order chi connectivity index (χ1) is 25.7. The predicted molar refractivity (Wildman–Crippen MR) is 240 cm³/mol. The number of aryl methyl sites for hydroxylation is 1. The molecule has 1 fully saturated rings. The number of aliphatic carboxylic acids is 1. The third-order valence-electron chi connectivity index (χ3n) is 9.37. The number of hydrogen-bond acceptors (Lipinski definition) is 6. The molecule has 0 bridgehead atoms. The predicted octanol–water partition coefficient (Wildman–Crippen LogP) is 10.8. The second-order valence-electron chi connectivity index (χ2n) is 15.8. The molecule has 56 heavy (non-hydrogen) atoms. The standard InChI is InChI=1S/C30H43N2O5P.C7H13NO.C6H12.C2H6.CH4/c1-10-17(3)23-16-25(22-13-12-18(4)27(38-9)26(22)32-23)37-21(11-2)14-20(29(35)36)15-24(34)28(30(6,7)8)31-19(5)33;1-5(2)7(9)8-6(3)4;1-6-4-2-3-5-6;1-2;/h10,12-13,16,20-21,28,38H,11,14-15H2,1-9H3,(H,31,33)(H,35,36);5H,3H2,1-2,4H3,(H,8,9);6H,2-5H2,1H3;1-2H3;1H4/b17-10+;;;;. The summed E-state index contributed by atoms with van der Waals surface area (Å²) in [6.07, 6.45) is 8.09. The number of carboxylic acid groups (broad SMARTS) is 1. The number of carbonyl (C=O) groups is 4. The van der Waals surface area contributed by atoms with Crippen LogP contribution >= 0.6 is 8.58 Å². The number of aromatic nitrogens is 1. The van der Waals surface area contributed by atoms with Gasteiger partial charge in [0.1, 0.15) is 5.75 Å². The Bertz CT molecular complexity index is 1590. The van der Waals surface area contributed by atoms with E-state index in [2.05, 4.69) is 43.8 Å². The van der Waals surface area contributed by atoms with Crippen molar-refractivity contribution in [2.75, 3.05) is 6.66 Å². The zero-order valence-corrected chi connectivity index (χ0v) is 37.8. The van der Waals surface area contributed by atoms with E-state index in [9.17, 15) is 24.3 Å². The lowest BCUT2D eigenvalue weighted by Gasteiger charge is -2.31. The zero-order chi connectivity index (χ0) is 42.6. The van der Waals surface area contributed by atoms with Gasteiger partial charge in [0, 0.05) is 41.7 Å². The molecule has 10 heteroatoms. The molecule has 1 aromatic carbocycles. The third kappa shape index (κ3) is 19.0. The van der Waals surface area contributed by atoms with E-state index in [4.69, 9.17) is 9.72 Å². The molecule has 1 heterocycles. The van der Waals surface area contributed by atoms with Gasteiger partial charge in [-0.15, -0.1) is 0 Å². The van der Waals surface area contributed by atoms with Crippen LogP contribution in [0.25, 0.3) is 16.5 Å². The molecule has 0 aliphatic heterocycles. The third-order valence-corrected chi connectivity index (χ3v) is 10.5. The van der Waals surface area contributed by atoms with Gasteiger partial charge in [-0.1, -0.05) is 123 Å². The monoisotopic (exact) mass is 800 g/mol. The number of benzene rings is 1. The quantitative estimate of drug-likeness (QED) is 0.162. The minimum absolute atomic E-state index is 0. The molecule has 3 N–H and O–H groups in total. The van der Waals surface area contributed by atoms with Gasteiger partial charge in [0.25, 0.3) is 0 Å². The molecular formula is C46H78N3O6P. The first-order valence-electron chi connectivity index (χ1n) is 20.1. The molecular weight excluding hydrogens is 721 g/mol. The van der Waals surface area contributed by atoms with Crippen molar-refractivity contribution in [1.82, 2.24) is 15.6 Å². The van der Waals surface area contributed by atoms with E-state index in [1.807, 2.05) is 87.4 Å². The highest BCUT2D eigenvalue weighted by molar-refractivity contribution is 7.47. The molecule has 2 amide bonds. The van der Waals surface area contributed by atoms with Crippen molar-refractivity contribution in [3.63, 3.8) is 0 Å². The van der Waals surface area contributed by atoms with Crippen LogP contribution in [0.2, 0.25) is 0 Å². The maximum Gasteiger partial charge on any atom is 0.307 e. The lowest BCUT2D eigenvalue weighted by molar-refractivity contribution is -0.145. The average molecular weight is 800 g/mol. The maximum atomic E-state index is 13.2. The lowest BCUT2D eigenvalue weighted by atomic mass is 9.80. The van der Waals surface area contributed by atoms with Crippen LogP contribution in [-0.4, -0.2) is 52.5 Å². The summed E-state index contributed by atoms with van der Waals surface area (Å²) in [6, 6.07) is 5.23. The van der Waals surface area contributed by atoms with E-state index in [0.717, 1.165) is 28.1 Å². The number of carbonyl (C=O) groups excluding carboxylic acids is 3. The van der Waals surface area contributed by atoms with Crippen LogP contribution in [0, 0.1) is 30.1 Å². The van der Waals surface area contributed by atoms with Gasteiger partial charge in [0.2, 0.25) is 11.8 Å². The van der Waals surface area contributed by atoms with Crippen molar-refractivity contribution in [2.45, 2.75) is 161 Å². The summed E-state index contributed by atoms with van der Waals surface area (Å²) < 4.78 is 6.50. The van der Waals surface area contributed by atoms with Gasteiger partial charge in [0.15, 0.2) is 5.78 Å². The first kappa shape index (κ1) is 54.5. The molecule has 9 nitrogen and oxygen atoms in total. The summed E-state index contributed by atoms with van der Waals surface area (Å²) in [6.45, 7) is 32.4. The average Bonchev–Trinajstić information content (AvgIpc) is 3.60. The molecule has 1 aromatic heterocycles. The molecule has 1 aliphatic carbocycles. The Morgan fingerprint density at radius 1 is 1.09 bits per heavy atom. The van der Waals surface area contributed by atoms with E-state index >= 15 is 0 Å². The molecule has 4 atom stereocenters. The van der Waals surface area contributed by atoms with Crippen LogP contribution in [0.3, 0.4) is 0 Å². The number of nitrogens with one attached hydrogen (secondary N) is 2. The van der Waals surface area contributed by atoms with Crippen LogP contribution in [-0.2, 0) is 19.2 Å². The minimum Gasteiger partial charge on any atom is -0.490 e. The number of ether oxygens (including phenoxy) is 1. The topological polar surface area (TPSA) is 135 Å². The highest BCUT2D eigenvalue weighted by Crippen LogP contribution is 2.33. The molecule has 0 spiro atoms. The van der Waals surface area contributed by atoms with Crippen LogP contribution in [0.5, 0.6) is 5.75 Å². The number of ketones is 1. The molecule has 318 valence electrons. The summed E-state index contributed by atoms with van der Waals surface area (Å²) in [5.41, 5.74) is 4.09. The fourth-order valence-electron chi connectivity index (χ4n) is 6.02. The van der Waals surface area contributed by atoms with Crippen molar-refractivity contribution < 1.29 is 29.0 Å². The van der Waals surface area contributed by atoms with Gasteiger partial charge in [-0.3, -0.25) is 19.2 Å². The highest BCUT2D eigenvalue weighted by Gasteiger charge is 2.35. The SMILES string of the molecule is C.C/C=C(\C)c1cc(OC(CC)CC(CC(=O)C(NC(C)=O)C(C)(C)C)C(=O)O)c2ccc(C)c(PC)c2n1.C=C(C)NC(=O)C(C)C.CC.CC1CCCC1. The van der Waals surface area contributed by atoms with Crippen molar-refractivity contribution in [1.29, 1.82) is 0 Å². The van der Waals surface area contributed by atoms with Crippen molar-refractivity contribution in [3.8, 4) is 5.75 Å². The van der Waals surface area contributed by atoms with Gasteiger partial charge in [-0.25, -0.2) is 4.98 Å². The molecule has 1 aliphatic rings. The summed E-state index contributed by atoms with van der Waals surface area (Å²) in [5.74, 6) is -0.816. The molecule has 3 rings (SSSR count). The minimum atomic E-state index is -1.05. The highest BCUT2D eigenvalue weighted by atomic mass is 31.1. The number of Topliss-reactive ketones (excluding diaryl/α,β-unsaturated/α-hetero) is 1. The number of rotatable bonds is 14. The van der Waals surface area contributed by atoms with Crippen LogP contribution in [0.1, 0.15) is 154 Å². The van der Waals surface area contributed by atoms with E-state index in [1.165, 1.54) is 43.5 Å². The number of pyridine rings is 1. The number of hydrogen-bond donors (Lipinski definition) is 3. The lowest BCUT2D eigenvalue weighted by Crippen LogP contribution is -2.49. The summed E-state index contributed by atoms with van der Waals surface area (Å²) in [7, 11) is 0.563. The second-order valence-corrected chi connectivity index (χ2v) is 16.8. The maximum absolute atomic E-state index is 13.2. The first-order valence-corrected chi connectivity index (χ1v) is 21.6.